The predicted octanol–water partition coefficient (Wildman–Crippen LogP) is 3.59. The lowest BCUT2D eigenvalue weighted by atomic mass is 9.94. The maximum Gasteiger partial charge on any atom is 0.0393 e. The van der Waals surface area contributed by atoms with Crippen LogP contribution in [0.25, 0.3) is 0 Å². The summed E-state index contributed by atoms with van der Waals surface area (Å²) in [6.45, 7) is 13.6. The highest BCUT2D eigenvalue weighted by Crippen LogP contribution is 2.28. The molecule has 0 saturated carbocycles. The molecule has 2 rings (SSSR count). The van der Waals surface area contributed by atoms with Crippen LogP contribution in [0.15, 0.2) is 18.2 Å². The van der Waals surface area contributed by atoms with Gasteiger partial charge in [0.15, 0.2) is 0 Å². The van der Waals surface area contributed by atoms with Crippen molar-refractivity contribution in [2.24, 2.45) is 0 Å². The van der Waals surface area contributed by atoms with Crippen LogP contribution in [0.3, 0.4) is 0 Å². The Bertz CT molecular complexity index is 482. The fourth-order valence-electron chi connectivity index (χ4n) is 3.13. The first kappa shape index (κ1) is 17.3. The summed E-state index contributed by atoms with van der Waals surface area (Å²) in [6.07, 6.45) is 0. The topological polar surface area (TPSA) is 18.5 Å². The summed E-state index contributed by atoms with van der Waals surface area (Å²) >= 11 is 0. The zero-order valence-corrected chi connectivity index (χ0v) is 15.2. The maximum atomic E-state index is 3.71. The van der Waals surface area contributed by atoms with E-state index in [1.807, 2.05) is 0 Å². The van der Waals surface area contributed by atoms with Crippen molar-refractivity contribution in [1.82, 2.24) is 9.80 Å². The molecule has 1 fully saturated rings. The number of nitrogens with zero attached hydrogens (tertiary/aromatic N) is 2. The fourth-order valence-corrected chi connectivity index (χ4v) is 3.13. The van der Waals surface area contributed by atoms with Crippen molar-refractivity contribution >= 4 is 5.69 Å². The van der Waals surface area contributed by atoms with Gasteiger partial charge in [-0.15, -0.1) is 0 Å². The minimum absolute atomic E-state index is 0.549. The predicted molar refractivity (Wildman–Crippen MR) is 97.0 cm³/mol. The SMILES string of the molecule is CC(C)c1ccc(NCC2CN(C)CCN2C)c(C(C)C)c1. The second kappa shape index (κ2) is 7.47. The Labute approximate surface area is 136 Å². The molecule has 1 aliphatic heterocycles. The van der Waals surface area contributed by atoms with Crippen molar-refractivity contribution in [2.75, 3.05) is 45.6 Å². The molecule has 1 atom stereocenters. The standard InChI is InChI=1S/C19H33N3/c1-14(2)16-7-8-19(18(11-16)15(3)4)20-12-17-13-21(5)9-10-22(17)6/h7-8,11,14-15,17,20H,9-10,12-13H2,1-6H3. The van der Waals surface area contributed by atoms with Gasteiger partial charge in [-0.3, -0.25) is 4.90 Å². The zero-order valence-electron chi connectivity index (χ0n) is 15.2. The van der Waals surface area contributed by atoms with Crippen LogP contribution in [0.5, 0.6) is 0 Å². The van der Waals surface area contributed by atoms with Crippen molar-refractivity contribution in [3.8, 4) is 0 Å². The minimum atomic E-state index is 0.549. The van der Waals surface area contributed by atoms with E-state index in [-0.39, 0.29) is 0 Å². The molecule has 3 heteroatoms. The quantitative estimate of drug-likeness (QED) is 0.897. The molecule has 0 aromatic heterocycles. The normalized spacial score (nSPS) is 20.8. The van der Waals surface area contributed by atoms with E-state index in [0.29, 0.717) is 17.9 Å². The van der Waals surface area contributed by atoms with E-state index in [9.17, 15) is 0 Å². The van der Waals surface area contributed by atoms with Crippen LogP contribution in [0, 0.1) is 0 Å². The summed E-state index contributed by atoms with van der Waals surface area (Å²) in [7, 11) is 4.46. The molecule has 0 spiro atoms. The number of likely N-dealkylation sites (N-methyl/N-ethyl adjacent to an activating group) is 2. The van der Waals surface area contributed by atoms with E-state index < -0.39 is 0 Å². The molecule has 1 aromatic carbocycles. The van der Waals surface area contributed by atoms with Gasteiger partial charge in [0.05, 0.1) is 0 Å². The lowest BCUT2D eigenvalue weighted by Crippen LogP contribution is -2.52. The van der Waals surface area contributed by atoms with Crippen molar-refractivity contribution < 1.29 is 0 Å². The Balaban J connectivity index is 2.08. The van der Waals surface area contributed by atoms with E-state index in [4.69, 9.17) is 0 Å². The molecular weight excluding hydrogens is 270 g/mol. The van der Waals surface area contributed by atoms with Crippen molar-refractivity contribution in [3.05, 3.63) is 29.3 Å². The number of rotatable bonds is 5. The van der Waals surface area contributed by atoms with Crippen molar-refractivity contribution in [3.63, 3.8) is 0 Å². The van der Waals surface area contributed by atoms with Gasteiger partial charge < -0.3 is 10.2 Å². The summed E-state index contributed by atoms with van der Waals surface area (Å²) in [5.74, 6) is 1.14. The zero-order chi connectivity index (χ0) is 16.3. The summed E-state index contributed by atoms with van der Waals surface area (Å²) < 4.78 is 0. The van der Waals surface area contributed by atoms with Crippen LogP contribution >= 0.6 is 0 Å². The first-order chi connectivity index (χ1) is 10.4. The molecule has 0 aliphatic carbocycles. The molecule has 0 bridgehead atoms. The van der Waals surface area contributed by atoms with Gasteiger partial charge in [0.25, 0.3) is 0 Å². The van der Waals surface area contributed by atoms with Gasteiger partial charge in [0.2, 0.25) is 0 Å². The third-order valence-electron chi connectivity index (χ3n) is 4.87. The molecule has 1 unspecified atom stereocenters. The highest BCUT2D eigenvalue weighted by atomic mass is 15.3. The van der Waals surface area contributed by atoms with Crippen molar-refractivity contribution in [1.29, 1.82) is 0 Å². The number of hydrogen-bond donors (Lipinski definition) is 1. The van der Waals surface area contributed by atoms with Gasteiger partial charge in [-0.2, -0.15) is 0 Å². The van der Waals surface area contributed by atoms with Gasteiger partial charge in [-0.25, -0.2) is 0 Å². The van der Waals surface area contributed by atoms with E-state index >= 15 is 0 Å². The van der Waals surface area contributed by atoms with E-state index in [1.165, 1.54) is 23.4 Å². The Kier molecular flexibility index (Phi) is 5.87. The molecule has 124 valence electrons. The number of anilines is 1. The summed E-state index contributed by atoms with van der Waals surface area (Å²) in [6, 6.07) is 7.52. The smallest absolute Gasteiger partial charge is 0.0393 e. The second-order valence-corrected chi connectivity index (χ2v) is 7.43. The van der Waals surface area contributed by atoms with Gasteiger partial charge in [-0.05, 0) is 43.1 Å². The first-order valence-corrected chi connectivity index (χ1v) is 8.65. The van der Waals surface area contributed by atoms with E-state index in [1.54, 1.807) is 0 Å². The number of nitrogens with one attached hydrogen (secondary N) is 1. The fraction of sp³-hybridized carbons (Fsp3) is 0.684. The summed E-state index contributed by atoms with van der Waals surface area (Å²) in [4.78, 5) is 4.90. The molecular formula is C19H33N3. The molecule has 1 saturated heterocycles. The average Bonchev–Trinajstić information content (AvgIpc) is 2.47. The van der Waals surface area contributed by atoms with Crippen LogP contribution in [-0.2, 0) is 0 Å². The first-order valence-electron chi connectivity index (χ1n) is 8.65. The van der Waals surface area contributed by atoms with Gasteiger partial charge >= 0.3 is 0 Å². The van der Waals surface area contributed by atoms with Crippen molar-refractivity contribution in [2.45, 2.75) is 45.6 Å². The molecule has 3 nitrogen and oxygen atoms in total. The van der Waals surface area contributed by atoms with E-state index in [2.05, 4.69) is 75.1 Å². The molecule has 0 amide bonds. The minimum Gasteiger partial charge on any atom is -0.383 e. The Hall–Kier alpha value is -1.06. The van der Waals surface area contributed by atoms with Crippen LogP contribution in [0.4, 0.5) is 5.69 Å². The summed E-state index contributed by atoms with van der Waals surface area (Å²) in [5, 5.41) is 3.71. The lowest BCUT2D eigenvalue weighted by molar-refractivity contribution is 0.122. The van der Waals surface area contributed by atoms with E-state index in [0.717, 1.165) is 19.6 Å². The monoisotopic (exact) mass is 303 g/mol. The second-order valence-electron chi connectivity index (χ2n) is 7.43. The molecule has 22 heavy (non-hydrogen) atoms. The van der Waals surface area contributed by atoms with Gasteiger partial charge in [0.1, 0.15) is 0 Å². The third kappa shape index (κ3) is 4.23. The van der Waals surface area contributed by atoms with Crippen LogP contribution in [0.1, 0.15) is 50.7 Å². The Morgan fingerprint density at radius 3 is 2.45 bits per heavy atom. The highest BCUT2D eigenvalue weighted by Gasteiger charge is 2.22. The van der Waals surface area contributed by atoms with Gasteiger partial charge in [0, 0.05) is 37.9 Å². The number of benzene rings is 1. The number of piperazine rings is 1. The molecule has 1 aliphatic rings. The molecule has 0 radical (unpaired) electrons. The molecule has 1 heterocycles. The largest absolute Gasteiger partial charge is 0.383 e. The number of hydrogen-bond acceptors (Lipinski definition) is 3. The van der Waals surface area contributed by atoms with Crippen LogP contribution in [0.2, 0.25) is 0 Å². The molecule has 1 aromatic rings. The molecule has 1 N–H and O–H groups in total. The third-order valence-corrected chi connectivity index (χ3v) is 4.87. The highest BCUT2D eigenvalue weighted by molar-refractivity contribution is 5.54. The Morgan fingerprint density at radius 1 is 1.09 bits per heavy atom. The van der Waals surface area contributed by atoms with Crippen LogP contribution in [-0.4, -0.2) is 56.1 Å². The summed E-state index contributed by atoms with van der Waals surface area (Å²) in [5.41, 5.74) is 4.18. The Morgan fingerprint density at radius 2 is 1.82 bits per heavy atom. The van der Waals surface area contributed by atoms with Gasteiger partial charge in [-0.1, -0.05) is 39.8 Å². The lowest BCUT2D eigenvalue weighted by Gasteiger charge is -2.38. The van der Waals surface area contributed by atoms with Crippen LogP contribution < -0.4 is 5.32 Å². The average molecular weight is 303 g/mol. The maximum absolute atomic E-state index is 3.71.